The van der Waals surface area contributed by atoms with Crippen LogP contribution in [0.25, 0.3) is 0 Å². The molecule has 1 amide bonds. The van der Waals surface area contributed by atoms with Crippen LogP contribution in [0.15, 0.2) is 77.7 Å². The third kappa shape index (κ3) is 4.41. The topological polar surface area (TPSA) is 110 Å². The molecular weight excluding hydrogens is 418 g/mol. The van der Waals surface area contributed by atoms with E-state index in [1.54, 1.807) is 29.2 Å². The van der Waals surface area contributed by atoms with Gasteiger partial charge in [-0.15, -0.1) is 0 Å². The largest absolute Gasteiger partial charge is 0.334 e. The highest BCUT2D eigenvalue weighted by atomic mass is 32.2. The van der Waals surface area contributed by atoms with E-state index in [1.165, 1.54) is 12.1 Å². The first kappa shape index (κ1) is 20.5. The third-order valence-corrected chi connectivity index (χ3v) is 6.53. The number of nitrogens with zero attached hydrogens (tertiary/aromatic N) is 2. The lowest BCUT2D eigenvalue weighted by molar-refractivity contribution is -0.384. The van der Waals surface area contributed by atoms with Crippen molar-refractivity contribution in [2.75, 3.05) is 11.3 Å². The first-order chi connectivity index (χ1) is 14.8. The maximum Gasteiger partial charge on any atom is 0.269 e. The molecule has 8 nitrogen and oxygen atoms in total. The quantitative estimate of drug-likeness (QED) is 0.485. The second-order valence-electron chi connectivity index (χ2n) is 7.18. The van der Waals surface area contributed by atoms with E-state index in [2.05, 4.69) is 4.72 Å². The molecule has 1 aliphatic heterocycles. The van der Waals surface area contributed by atoms with Crippen molar-refractivity contribution in [2.45, 2.75) is 17.9 Å². The summed E-state index contributed by atoms with van der Waals surface area (Å²) in [6.07, 6.45) is 0.684. The summed E-state index contributed by atoms with van der Waals surface area (Å²) in [5.41, 5.74) is 2.73. The first-order valence-electron chi connectivity index (χ1n) is 9.57. The molecule has 9 heteroatoms. The summed E-state index contributed by atoms with van der Waals surface area (Å²) < 4.78 is 27.8. The van der Waals surface area contributed by atoms with Gasteiger partial charge in [0.25, 0.3) is 21.6 Å². The number of anilines is 1. The van der Waals surface area contributed by atoms with E-state index >= 15 is 0 Å². The van der Waals surface area contributed by atoms with Crippen LogP contribution < -0.4 is 4.72 Å². The van der Waals surface area contributed by atoms with Crippen molar-refractivity contribution in [3.63, 3.8) is 0 Å². The van der Waals surface area contributed by atoms with Gasteiger partial charge in [0.2, 0.25) is 0 Å². The van der Waals surface area contributed by atoms with Crippen LogP contribution in [0.3, 0.4) is 0 Å². The fourth-order valence-electron chi connectivity index (χ4n) is 3.52. The Kier molecular flexibility index (Phi) is 5.43. The van der Waals surface area contributed by atoms with E-state index in [1.807, 2.05) is 24.3 Å². The summed E-state index contributed by atoms with van der Waals surface area (Å²) >= 11 is 0. The lowest BCUT2D eigenvalue weighted by Gasteiger charge is -2.29. The molecule has 0 aliphatic carbocycles. The van der Waals surface area contributed by atoms with Crippen LogP contribution in [-0.4, -0.2) is 30.7 Å². The molecule has 0 saturated heterocycles. The number of nitro benzene ring substituents is 1. The molecule has 0 bridgehead atoms. The number of benzene rings is 3. The Balaban J connectivity index is 1.53. The van der Waals surface area contributed by atoms with Crippen LogP contribution in [0.2, 0.25) is 0 Å². The molecule has 0 saturated carbocycles. The molecule has 0 atom stereocenters. The highest BCUT2D eigenvalue weighted by Gasteiger charge is 2.23. The summed E-state index contributed by atoms with van der Waals surface area (Å²) in [7, 11) is -3.91. The minimum atomic E-state index is -3.91. The fraction of sp³-hybridized carbons (Fsp3) is 0.136. The number of carbonyl (C=O) groups excluding carboxylic acids is 1. The van der Waals surface area contributed by atoms with Crippen molar-refractivity contribution in [3.05, 3.63) is 99.6 Å². The zero-order valence-corrected chi connectivity index (χ0v) is 17.2. The van der Waals surface area contributed by atoms with Gasteiger partial charge in [-0.05, 0) is 53.9 Å². The Hall–Kier alpha value is -3.72. The van der Waals surface area contributed by atoms with Crippen LogP contribution in [-0.2, 0) is 23.0 Å². The third-order valence-electron chi connectivity index (χ3n) is 5.14. The summed E-state index contributed by atoms with van der Waals surface area (Å²) in [6.45, 7) is 0.977. The Labute approximate surface area is 179 Å². The lowest BCUT2D eigenvalue weighted by atomic mass is 9.98. The van der Waals surface area contributed by atoms with E-state index < -0.39 is 14.9 Å². The SMILES string of the molecule is O=C(c1ccccc1)N1CCc2ccc(NS(=O)(=O)c3ccc([N+](=O)[O-])cc3)cc2C1. The van der Waals surface area contributed by atoms with E-state index in [9.17, 15) is 23.3 Å². The van der Waals surface area contributed by atoms with Gasteiger partial charge >= 0.3 is 0 Å². The van der Waals surface area contributed by atoms with Crippen molar-refractivity contribution in [3.8, 4) is 0 Å². The Morgan fingerprint density at radius 3 is 2.35 bits per heavy atom. The lowest BCUT2D eigenvalue weighted by Crippen LogP contribution is -2.36. The summed E-state index contributed by atoms with van der Waals surface area (Å²) in [5, 5.41) is 10.8. The van der Waals surface area contributed by atoms with E-state index in [-0.39, 0.29) is 16.5 Å². The smallest absolute Gasteiger partial charge is 0.269 e. The molecular formula is C22H19N3O5S. The van der Waals surface area contributed by atoms with Gasteiger partial charge in [-0.3, -0.25) is 19.6 Å². The van der Waals surface area contributed by atoms with Crippen molar-refractivity contribution in [1.82, 2.24) is 4.90 Å². The Morgan fingerprint density at radius 1 is 0.968 bits per heavy atom. The molecule has 3 aromatic rings. The van der Waals surface area contributed by atoms with Gasteiger partial charge in [-0.25, -0.2) is 8.42 Å². The van der Waals surface area contributed by atoms with Crippen LogP contribution in [0, 0.1) is 10.1 Å². The second-order valence-corrected chi connectivity index (χ2v) is 8.87. The molecule has 0 fully saturated rings. The molecule has 0 spiro atoms. The van der Waals surface area contributed by atoms with Crippen LogP contribution in [0.5, 0.6) is 0 Å². The van der Waals surface area contributed by atoms with Gasteiger partial charge < -0.3 is 4.90 Å². The van der Waals surface area contributed by atoms with Gasteiger partial charge in [0.15, 0.2) is 0 Å². The number of non-ortho nitro benzene ring substituents is 1. The monoisotopic (exact) mass is 437 g/mol. The molecule has 4 rings (SSSR count). The molecule has 158 valence electrons. The predicted molar refractivity (Wildman–Crippen MR) is 115 cm³/mol. The van der Waals surface area contributed by atoms with Crippen LogP contribution in [0.1, 0.15) is 21.5 Å². The maximum atomic E-state index is 12.8. The number of sulfonamides is 1. The van der Waals surface area contributed by atoms with Gasteiger partial charge in [-0.2, -0.15) is 0 Å². The maximum absolute atomic E-state index is 12.8. The number of hydrogen-bond donors (Lipinski definition) is 1. The highest BCUT2D eigenvalue weighted by molar-refractivity contribution is 7.92. The van der Waals surface area contributed by atoms with Gasteiger partial charge in [-0.1, -0.05) is 24.3 Å². The number of amides is 1. The van der Waals surface area contributed by atoms with Crippen molar-refractivity contribution >= 4 is 27.3 Å². The highest BCUT2D eigenvalue weighted by Crippen LogP contribution is 2.26. The zero-order chi connectivity index (χ0) is 22.0. The normalized spacial score (nSPS) is 13.4. The predicted octanol–water partition coefficient (Wildman–Crippen LogP) is 3.59. The van der Waals surface area contributed by atoms with Gasteiger partial charge in [0, 0.05) is 36.5 Å². The van der Waals surface area contributed by atoms with Crippen molar-refractivity contribution in [1.29, 1.82) is 0 Å². The van der Waals surface area contributed by atoms with Crippen LogP contribution in [0.4, 0.5) is 11.4 Å². The average Bonchev–Trinajstić information content (AvgIpc) is 2.78. The summed E-state index contributed by atoms with van der Waals surface area (Å²) in [4.78, 5) is 24.6. The van der Waals surface area contributed by atoms with E-state index in [0.717, 1.165) is 23.3 Å². The number of fused-ring (bicyclic) bond motifs is 1. The molecule has 0 radical (unpaired) electrons. The average molecular weight is 437 g/mol. The molecule has 0 aromatic heterocycles. The number of nitro groups is 1. The molecule has 3 aromatic carbocycles. The van der Waals surface area contributed by atoms with Crippen molar-refractivity contribution < 1.29 is 18.1 Å². The standard InChI is InChI=1S/C22H19N3O5S/c26-22(17-4-2-1-3-5-17)24-13-12-16-6-7-19(14-18(16)15-24)23-31(29,30)21-10-8-20(9-11-21)25(27)28/h1-11,14,23H,12-13,15H2. The summed E-state index contributed by atoms with van der Waals surface area (Å²) in [5.74, 6) is -0.0666. The van der Waals surface area contributed by atoms with Crippen molar-refractivity contribution in [2.24, 2.45) is 0 Å². The van der Waals surface area contributed by atoms with Gasteiger partial charge in [0.05, 0.1) is 9.82 Å². The van der Waals surface area contributed by atoms with Crippen LogP contribution >= 0.6 is 0 Å². The molecule has 1 aliphatic rings. The molecule has 0 unspecified atom stereocenters. The summed E-state index contributed by atoms with van der Waals surface area (Å²) in [6, 6.07) is 19.0. The molecule has 1 N–H and O–H groups in total. The second kappa shape index (κ2) is 8.19. The molecule has 1 heterocycles. The Bertz CT molecular complexity index is 1240. The van der Waals surface area contributed by atoms with Gasteiger partial charge in [0.1, 0.15) is 0 Å². The zero-order valence-electron chi connectivity index (χ0n) is 16.4. The minimum Gasteiger partial charge on any atom is -0.334 e. The number of rotatable bonds is 5. The number of nitrogens with one attached hydrogen (secondary N) is 1. The molecule has 31 heavy (non-hydrogen) atoms. The number of hydrogen-bond acceptors (Lipinski definition) is 5. The van der Waals surface area contributed by atoms with E-state index in [0.29, 0.717) is 30.8 Å². The van der Waals surface area contributed by atoms with E-state index in [4.69, 9.17) is 0 Å². The fourth-order valence-corrected chi connectivity index (χ4v) is 4.57. The Morgan fingerprint density at radius 2 is 1.68 bits per heavy atom. The number of carbonyl (C=O) groups is 1. The minimum absolute atomic E-state index is 0.0666. The first-order valence-corrected chi connectivity index (χ1v) is 11.1.